The second-order valence-electron chi connectivity index (χ2n) is 3.95. The number of nitrogens with two attached hydrogens (primary N) is 1. The molecule has 4 nitrogen and oxygen atoms in total. The first-order chi connectivity index (χ1) is 7.72. The molecule has 0 aromatic rings. The van der Waals surface area contributed by atoms with E-state index in [2.05, 4.69) is 0 Å². The van der Waals surface area contributed by atoms with Crippen molar-refractivity contribution in [3.63, 3.8) is 0 Å². The molecule has 0 saturated heterocycles. The predicted molar refractivity (Wildman–Crippen MR) is 57.4 cm³/mol. The molecule has 0 spiro atoms. The van der Waals surface area contributed by atoms with Gasteiger partial charge in [-0.3, -0.25) is 4.79 Å². The molecule has 17 heavy (non-hydrogen) atoms. The highest BCUT2D eigenvalue weighted by Gasteiger charge is 2.27. The smallest absolute Gasteiger partial charge is 0.370 e. The Labute approximate surface area is 98.7 Å². The summed E-state index contributed by atoms with van der Waals surface area (Å²) in [6.45, 7) is 2.17. The van der Waals surface area contributed by atoms with Gasteiger partial charge in [0.15, 0.2) is 0 Å². The van der Waals surface area contributed by atoms with Crippen LogP contribution in [0, 0.1) is 0 Å². The van der Waals surface area contributed by atoms with Crippen LogP contribution >= 0.6 is 0 Å². The summed E-state index contributed by atoms with van der Waals surface area (Å²) in [5, 5.41) is 1.72. The molecule has 0 fully saturated rings. The molecule has 0 aromatic heterocycles. The van der Waals surface area contributed by atoms with Gasteiger partial charge in [0.05, 0.1) is 6.61 Å². The molecular formula is C10H19F3N2O2. The number of alkyl halides is 3. The van der Waals surface area contributed by atoms with E-state index in [1.165, 1.54) is 0 Å². The van der Waals surface area contributed by atoms with Gasteiger partial charge in [-0.15, -0.1) is 0 Å². The Morgan fingerprint density at radius 1 is 1.29 bits per heavy atom. The van der Waals surface area contributed by atoms with E-state index in [-0.39, 0.29) is 6.61 Å². The van der Waals surface area contributed by atoms with E-state index in [4.69, 9.17) is 10.5 Å². The molecule has 0 heterocycles. The highest BCUT2D eigenvalue weighted by atomic mass is 19.4. The first-order valence-corrected chi connectivity index (χ1v) is 5.42. The van der Waals surface area contributed by atoms with Crippen LogP contribution in [0.2, 0.25) is 0 Å². The van der Waals surface area contributed by atoms with Crippen LogP contribution in [0.3, 0.4) is 0 Å². The number of halogens is 3. The second kappa shape index (κ2) is 6.80. The molecular weight excluding hydrogens is 237 g/mol. The molecule has 0 aliphatic rings. The Hall–Kier alpha value is -0.820. The van der Waals surface area contributed by atoms with E-state index in [9.17, 15) is 18.0 Å². The second-order valence-corrected chi connectivity index (χ2v) is 3.95. The molecule has 0 rings (SSSR count). The maximum Gasteiger partial charge on any atom is 0.405 e. The van der Waals surface area contributed by atoms with E-state index in [0.29, 0.717) is 12.8 Å². The van der Waals surface area contributed by atoms with Crippen molar-refractivity contribution in [1.29, 1.82) is 0 Å². The van der Waals surface area contributed by atoms with Crippen LogP contribution in [0.25, 0.3) is 0 Å². The number of carbonyl (C=O) groups is 1. The van der Waals surface area contributed by atoms with Crippen molar-refractivity contribution < 1.29 is 22.7 Å². The van der Waals surface area contributed by atoms with Crippen molar-refractivity contribution >= 4 is 5.91 Å². The Morgan fingerprint density at radius 3 is 2.24 bits per heavy atom. The van der Waals surface area contributed by atoms with Gasteiger partial charge < -0.3 is 15.8 Å². The van der Waals surface area contributed by atoms with Crippen molar-refractivity contribution in [2.75, 3.05) is 19.8 Å². The van der Waals surface area contributed by atoms with Gasteiger partial charge in [0.2, 0.25) is 5.91 Å². The zero-order valence-corrected chi connectivity index (χ0v) is 10.1. The van der Waals surface area contributed by atoms with Gasteiger partial charge >= 0.3 is 6.18 Å². The maximum absolute atomic E-state index is 11.8. The molecule has 0 radical (unpaired) electrons. The van der Waals surface area contributed by atoms with Crippen LogP contribution in [-0.4, -0.2) is 37.4 Å². The van der Waals surface area contributed by atoms with Crippen LogP contribution in [0.4, 0.5) is 13.2 Å². The largest absolute Gasteiger partial charge is 0.405 e. The highest BCUT2D eigenvalue weighted by Crippen LogP contribution is 2.12. The monoisotopic (exact) mass is 256 g/mol. The van der Waals surface area contributed by atoms with E-state index >= 15 is 0 Å². The van der Waals surface area contributed by atoms with Crippen LogP contribution in [0.5, 0.6) is 0 Å². The van der Waals surface area contributed by atoms with Crippen molar-refractivity contribution in [2.45, 2.75) is 38.4 Å². The Morgan fingerprint density at radius 2 is 1.82 bits per heavy atom. The van der Waals surface area contributed by atoms with Crippen molar-refractivity contribution in [3.05, 3.63) is 0 Å². The third kappa shape index (κ3) is 7.98. The summed E-state index contributed by atoms with van der Waals surface area (Å²) >= 11 is 0. The summed E-state index contributed by atoms with van der Waals surface area (Å²) in [6, 6.07) is 0. The third-order valence-electron chi connectivity index (χ3n) is 2.52. The van der Waals surface area contributed by atoms with Crippen LogP contribution in [0.1, 0.15) is 26.7 Å². The summed E-state index contributed by atoms with van der Waals surface area (Å²) in [4.78, 5) is 11.0. The fraction of sp³-hybridized carbons (Fsp3) is 0.900. The summed E-state index contributed by atoms with van der Waals surface area (Å²) in [5.74, 6) is -0.795. The topological polar surface area (TPSA) is 64.3 Å². The summed E-state index contributed by atoms with van der Waals surface area (Å²) in [5.41, 5.74) is 5.37. The van der Waals surface area contributed by atoms with Gasteiger partial charge in [0.1, 0.15) is 13.2 Å². The average Bonchev–Trinajstić information content (AvgIpc) is 2.25. The SMILES string of the molecule is CCC(N)(CC)COCC(=O)NCC(F)(F)F. The lowest BCUT2D eigenvalue weighted by Gasteiger charge is -2.26. The fourth-order valence-corrected chi connectivity index (χ4v) is 1.05. The molecule has 3 N–H and O–H groups in total. The zero-order chi connectivity index (χ0) is 13.5. The van der Waals surface area contributed by atoms with Crippen LogP contribution in [0.15, 0.2) is 0 Å². The van der Waals surface area contributed by atoms with Gasteiger partial charge in [0.25, 0.3) is 0 Å². The average molecular weight is 256 g/mol. The van der Waals surface area contributed by atoms with Crippen LogP contribution in [-0.2, 0) is 9.53 Å². The minimum absolute atomic E-state index is 0.152. The fourth-order valence-electron chi connectivity index (χ4n) is 1.05. The zero-order valence-electron chi connectivity index (χ0n) is 10.1. The van der Waals surface area contributed by atoms with E-state index in [1.807, 2.05) is 13.8 Å². The van der Waals surface area contributed by atoms with E-state index in [0.717, 1.165) is 0 Å². The van der Waals surface area contributed by atoms with Gasteiger partial charge in [-0.2, -0.15) is 13.2 Å². The molecule has 102 valence electrons. The molecule has 0 atom stereocenters. The molecule has 0 unspecified atom stereocenters. The van der Waals surface area contributed by atoms with Gasteiger partial charge in [-0.05, 0) is 12.8 Å². The van der Waals surface area contributed by atoms with Crippen molar-refractivity contribution in [1.82, 2.24) is 5.32 Å². The molecule has 0 bridgehead atoms. The summed E-state index contributed by atoms with van der Waals surface area (Å²) in [6.07, 6.45) is -3.05. The standard InChI is InChI=1S/C10H19F3N2O2/c1-3-9(14,4-2)7-17-5-8(16)15-6-10(11,12)13/h3-7,14H2,1-2H3,(H,15,16). The third-order valence-corrected chi connectivity index (χ3v) is 2.52. The van der Waals surface area contributed by atoms with E-state index in [1.54, 1.807) is 5.32 Å². The highest BCUT2D eigenvalue weighted by molar-refractivity contribution is 5.77. The minimum atomic E-state index is -4.40. The first kappa shape index (κ1) is 16.2. The normalized spacial score (nSPS) is 12.6. The summed E-state index contributed by atoms with van der Waals surface area (Å²) < 4.78 is 40.3. The number of nitrogens with one attached hydrogen (secondary N) is 1. The number of hydrogen-bond donors (Lipinski definition) is 2. The molecule has 0 saturated carbocycles. The van der Waals surface area contributed by atoms with Gasteiger partial charge in [0, 0.05) is 5.54 Å². The lowest BCUT2D eigenvalue weighted by molar-refractivity contribution is -0.141. The Bertz CT molecular complexity index is 240. The number of hydrogen-bond acceptors (Lipinski definition) is 3. The van der Waals surface area contributed by atoms with Crippen LogP contribution < -0.4 is 11.1 Å². The Balaban J connectivity index is 3.79. The van der Waals surface area contributed by atoms with Gasteiger partial charge in [-0.1, -0.05) is 13.8 Å². The van der Waals surface area contributed by atoms with Crippen molar-refractivity contribution in [3.8, 4) is 0 Å². The number of carbonyl (C=O) groups excluding carboxylic acids is 1. The molecule has 7 heteroatoms. The summed E-state index contributed by atoms with van der Waals surface area (Å²) in [7, 11) is 0. The lowest BCUT2D eigenvalue weighted by atomic mass is 9.96. The number of amides is 1. The quantitative estimate of drug-likeness (QED) is 0.719. The van der Waals surface area contributed by atoms with E-state index < -0.39 is 30.8 Å². The molecule has 0 aromatic carbocycles. The maximum atomic E-state index is 11.8. The first-order valence-electron chi connectivity index (χ1n) is 5.42. The minimum Gasteiger partial charge on any atom is -0.370 e. The van der Waals surface area contributed by atoms with Gasteiger partial charge in [-0.25, -0.2) is 0 Å². The lowest BCUT2D eigenvalue weighted by Crippen LogP contribution is -2.44. The number of rotatable bonds is 7. The molecule has 0 aliphatic carbocycles. The van der Waals surface area contributed by atoms with Crippen molar-refractivity contribution in [2.24, 2.45) is 5.73 Å². The predicted octanol–water partition coefficient (Wildman–Crippen LogP) is 1.20. The molecule has 1 amide bonds. The number of ether oxygens (including phenoxy) is 1. The molecule has 0 aliphatic heterocycles. The Kier molecular flexibility index (Phi) is 6.48.